The first kappa shape index (κ1) is 14.8. The van der Waals surface area contributed by atoms with Crippen molar-refractivity contribution >= 4 is 11.7 Å². The van der Waals surface area contributed by atoms with E-state index in [-0.39, 0.29) is 5.91 Å². The lowest BCUT2D eigenvalue weighted by Gasteiger charge is -2.20. The third-order valence-electron chi connectivity index (χ3n) is 3.47. The maximum Gasteiger partial charge on any atom is 0.271 e. The molecule has 2 heterocycles. The first-order valence-corrected chi connectivity index (χ1v) is 7.52. The predicted octanol–water partition coefficient (Wildman–Crippen LogP) is 2.24. The van der Waals surface area contributed by atoms with Crippen molar-refractivity contribution in [1.82, 2.24) is 15.3 Å². The third kappa shape index (κ3) is 4.18. The Balaban J connectivity index is 1.96. The van der Waals surface area contributed by atoms with E-state index in [4.69, 9.17) is 0 Å². The summed E-state index contributed by atoms with van der Waals surface area (Å²) in [4.78, 5) is 22.8. The van der Waals surface area contributed by atoms with E-state index in [9.17, 15) is 4.79 Å². The zero-order valence-electron chi connectivity index (χ0n) is 12.4. The molecule has 0 saturated carbocycles. The van der Waals surface area contributed by atoms with Crippen molar-refractivity contribution in [3.63, 3.8) is 0 Å². The van der Waals surface area contributed by atoms with Crippen LogP contribution >= 0.6 is 0 Å². The molecule has 1 amide bonds. The van der Waals surface area contributed by atoms with Gasteiger partial charge in [-0.3, -0.25) is 4.79 Å². The second kappa shape index (κ2) is 7.22. The van der Waals surface area contributed by atoms with E-state index < -0.39 is 0 Å². The van der Waals surface area contributed by atoms with Crippen LogP contribution in [0, 0.1) is 5.92 Å². The summed E-state index contributed by atoms with van der Waals surface area (Å²) in [6.07, 6.45) is 8.29. The van der Waals surface area contributed by atoms with Crippen LogP contribution in [0.3, 0.4) is 0 Å². The maximum atomic E-state index is 11.9. The summed E-state index contributed by atoms with van der Waals surface area (Å²) >= 11 is 0. The fraction of sp³-hybridized carbons (Fsp3) is 0.667. The molecular weight excluding hydrogens is 252 g/mol. The van der Waals surface area contributed by atoms with Crippen LogP contribution in [-0.4, -0.2) is 35.5 Å². The first-order chi connectivity index (χ1) is 9.66. The number of anilines is 1. The van der Waals surface area contributed by atoms with E-state index in [1.807, 2.05) is 0 Å². The molecule has 0 unspecified atom stereocenters. The molecule has 1 aliphatic rings. The monoisotopic (exact) mass is 276 g/mol. The van der Waals surface area contributed by atoms with Crippen LogP contribution in [-0.2, 0) is 0 Å². The van der Waals surface area contributed by atoms with Crippen LogP contribution in [0.25, 0.3) is 0 Å². The Bertz CT molecular complexity index is 422. The number of nitrogens with one attached hydrogen (secondary N) is 1. The largest absolute Gasteiger partial charge is 0.355 e. The minimum Gasteiger partial charge on any atom is -0.355 e. The van der Waals surface area contributed by atoms with Gasteiger partial charge in [0.15, 0.2) is 0 Å². The van der Waals surface area contributed by atoms with Crippen molar-refractivity contribution in [2.75, 3.05) is 24.5 Å². The Morgan fingerprint density at radius 2 is 1.90 bits per heavy atom. The fourth-order valence-corrected chi connectivity index (χ4v) is 2.29. The topological polar surface area (TPSA) is 58.1 Å². The van der Waals surface area contributed by atoms with Gasteiger partial charge in [0.1, 0.15) is 11.5 Å². The van der Waals surface area contributed by atoms with Crippen LogP contribution in [0.1, 0.15) is 50.0 Å². The molecular formula is C15H24N4O. The normalized spacial score (nSPS) is 16.1. The highest BCUT2D eigenvalue weighted by atomic mass is 16.1. The molecule has 20 heavy (non-hydrogen) atoms. The lowest BCUT2D eigenvalue weighted by Crippen LogP contribution is -2.29. The predicted molar refractivity (Wildman–Crippen MR) is 79.9 cm³/mol. The summed E-state index contributed by atoms with van der Waals surface area (Å²) in [5.74, 6) is 1.17. The van der Waals surface area contributed by atoms with Crippen LogP contribution in [0.5, 0.6) is 0 Å². The number of amides is 1. The highest BCUT2D eigenvalue weighted by molar-refractivity contribution is 5.91. The number of rotatable bonds is 4. The van der Waals surface area contributed by atoms with Gasteiger partial charge < -0.3 is 10.2 Å². The van der Waals surface area contributed by atoms with Gasteiger partial charge in [-0.2, -0.15) is 0 Å². The van der Waals surface area contributed by atoms with Gasteiger partial charge in [0, 0.05) is 19.6 Å². The van der Waals surface area contributed by atoms with Crippen LogP contribution in [0.4, 0.5) is 5.82 Å². The molecule has 5 heteroatoms. The zero-order chi connectivity index (χ0) is 14.4. The van der Waals surface area contributed by atoms with Crippen molar-refractivity contribution in [2.45, 2.75) is 39.5 Å². The van der Waals surface area contributed by atoms with Gasteiger partial charge in [-0.05, 0) is 18.8 Å². The molecule has 0 bridgehead atoms. The van der Waals surface area contributed by atoms with Crippen molar-refractivity contribution < 1.29 is 4.79 Å². The Kier molecular flexibility index (Phi) is 5.32. The number of hydrogen-bond acceptors (Lipinski definition) is 4. The summed E-state index contributed by atoms with van der Waals surface area (Å²) in [6.45, 7) is 6.86. The highest BCUT2D eigenvalue weighted by Gasteiger charge is 2.13. The van der Waals surface area contributed by atoms with Gasteiger partial charge in [0.2, 0.25) is 0 Å². The molecule has 0 atom stereocenters. The van der Waals surface area contributed by atoms with Gasteiger partial charge in [-0.1, -0.05) is 26.7 Å². The van der Waals surface area contributed by atoms with Gasteiger partial charge in [0.05, 0.1) is 12.4 Å². The first-order valence-electron chi connectivity index (χ1n) is 7.52. The van der Waals surface area contributed by atoms with E-state index >= 15 is 0 Å². The molecule has 0 aromatic carbocycles. The molecule has 110 valence electrons. The standard InChI is InChI=1S/C15H24N4O/c1-12(2)9-18-15(20)13-10-17-14(11-16-13)19-7-5-3-4-6-8-19/h10-12H,3-9H2,1-2H3,(H,18,20). The molecule has 1 N–H and O–H groups in total. The number of carbonyl (C=O) groups is 1. The van der Waals surface area contributed by atoms with Crippen LogP contribution < -0.4 is 10.2 Å². The Morgan fingerprint density at radius 1 is 1.20 bits per heavy atom. The minimum absolute atomic E-state index is 0.145. The summed E-state index contributed by atoms with van der Waals surface area (Å²) in [5, 5.41) is 2.85. The van der Waals surface area contributed by atoms with Crippen molar-refractivity contribution in [3.8, 4) is 0 Å². The lowest BCUT2D eigenvalue weighted by molar-refractivity contribution is 0.0943. The van der Waals surface area contributed by atoms with Gasteiger partial charge in [0.25, 0.3) is 5.91 Å². The van der Waals surface area contributed by atoms with Crippen molar-refractivity contribution in [1.29, 1.82) is 0 Å². The molecule has 1 aromatic heterocycles. The highest BCUT2D eigenvalue weighted by Crippen LogP contribution is 2.16. The van der Waals surface area contributed by atoms with E-state index in [1.54, 1.807) is 12.4 Å². The smallest absolute Gasteiger partial charge is 0.271 e. The summed E-state index contributed by atoms with van der Waals surface area (Å²) in [6, 6.07) is 0. The molecule has 0 spiro atoms. The van der Waals surface area contributed by atoms with Gasteiger partial charge in [-0.25, -0.2) is 9.97 Å². The second-order valence-corrected chi connectivity index (χ2v) is 5.76. The van der Waals surface area contributed by atoms with Crippen molar-refractivity contribution in [2.24, 2.45) is 5.92 Å². The molecule has 1 saturated heterocycles. The molecule has 5 nitrogen and oxygen atoms in total. The second-order valence-electron chi connectivity index (χ2n) is 5.76. The summed E-state index contributed by atoms with van der Waals surface area (Å²) in [5.41, 5.74) is 0.393. The SMILES string of the molecule is CC(C)CNC(=O)c1cnc(N2CCCCCC2)cn1. The Labute approximate surface area is 120 Å². The molecule has 0 aliphatic carbocycles. The Morgan fingerprint density at radius 3 is 2.45 bits per heavy atom. The van der Waals surface area contributed by atoms with Crippen LogP contribution in [0.2, 0.25) is 0 Å². The lowest BCUT2D eigenvalue weighted by atomic mass is 10.2. The number of hydrogen-bond donors (Lipinski definition) is 1. The van der Waals surface area contributed by atoms with E-state index in [2.05, 4.69) is 34.0 Å². The van der Waals surface area contributed by atoms with Gasteiger partial charge in [-0.15, -0.1) is 0 Å². The number of aromatic nitrogens is 2. The molecule has 1 fully saturated rings. The van der Waals surface area contributed by atoms with E-state index in [1.165, 1.54) is 25.7 Å². The van der Waals surface area contributed by atoms with Crippen molar-refractivity contribution in [3.05, 3.63) is 18.1 Å². The van der Waals surface area contributed by atoms with Gasteiger partial charge >= 0.3 is 0 Å². The molecule has 2 rings (SSSR count). The Hall–Kier alpha value is -1.65. The summed E-state index contributed by atoms with van der Waals surface area (Å²) in [7, 11) is 0. The third-order valence-corrected chi connectivity index (χ3v) is 3.47. The molecule has 1 aliphatic heterocycles. The van der Waals surface area contributed by atoms with E-state index in [0.717, 1.165) is 18.9 Å². The molecule has 1 aromatic rings. The fourth-order valence-electron chi connectivity index (χ4n) is 2.29. The van der Waals surface area contributed by atoms with Crippen LogP contribution in [0.15, 0.2) is 12.4 Å². The zero-order valence-corrected chi connectivity index (χ0v) is 12.4. The van der Waals surface area contributed by atoms with E-state index in [0.29, 0.717) is 18.2 Å². The average molecular weight is 276 g/mol. The minimum atomic E-state index is -0.145. The quantitative estimate of drug-likeness (QED) is 0.916. The average Bonchev–Trinajstić information content (AvgIpc) is 2.74. The maximum absolute atomic E-state index is 11.9. The molecule has 0 radical (unpaired) electrons. The summed E-state index contributed by atoms with van der Waals surface area (Å²) < 4.78 is 0. The number of nitrogens with zero attached hydrogens (tertiary/aromatic N) is 3. The number of carbonyl (C=O) groups excluding carboxylic acids is 1.